The minimum absolute atomic E-state index is 0.00315. The Hall–Kier alpha value is -1.22. The van der Waals surface area contributed by atoms with Crippen molar-refractivity contribution in [2.75, 3.05) is 47.3 Å². The van der Waals surface area contributed by atoms with Crippen molar-refractivity contribution in [2.24, 2.45) is 5.92 Å². The van der Waals surface area contributed by atoms with Gasteiger partial charge in [0.1, 0.15) is 12.7 Å². The predicted molar refractivity (Wildman–Crippen MR) is 73.6 cm³/mol. The van der Waals surface area contributed by atoms with E-state index in [1.165, 1.54) is 28.1 Å². The molecule has 2 atom stereocenters. The van der Waals surface area contributed by atoms with E-state index < -0.39 is 12.1 Å². The van der Waals surface area contributed by atoms with Gasteiger partial charge >= 0.3 is 11.9 Å². The number of methoxy groups -OCH3 is 2. The number of hydrogen-bond acceptors (Lipinski definition) is 8. The van der Waals surface area contributed by atoms with E-state index in [9.17, 15) is 9.59 Å². The number of aliphatic hydroxyl groups excluding tert-OH is 2. The van der Waals surface area contributed by atoms with Gasteiger partial charge in [-0.25, -0.2) is 0 Å². The standard InChI is InChI=1S/C7H14O4.C6H12O4/c1-6(9)11-5-7(3-8)4-10-2;1-5(7)10-4-6(8)3-9-2/h7-8H,3-5H2,1-2H3;6,8H,3-4H2,1-2H3. The summed E-state index contributed by atoms with van der Waals surface area (Å²) in [5, 5.41) is 17.6. The first-order valence-corrected chi connectivity index (χ1v) is 6.40. The third-order valence-corrected chi connectivity index (χ3v) is 2.02. The van der Waals surface area contributed by atoms with Crippen molar-refractivity contribution >= 4 is 11.9 Å². The van der Waals surface area contributed by atoms with Crippen LogP contribution in [0.3, 0.4) is 0 Å². The average molecular weight is 310 g/mol. The zero-order valence-corrected chi connectivity index (χ0v) is 13.0. The zero-order valence-electron chi connectivity index (χ0n) is 13.0. The fraction of sp³-hybridized carbons (Fsp3) is 0.846. The van der Waals surface area contributed by atoms with Crippen LogP contribution in [0.25, 0.3) is 0 Å². The summed E-state index contributed by atoms with van der Waals surface area (Å²) in [6, 6.07) is 0. The van der Waals surface area contributed by atoms with Gasteiger partial charge in [0.15, 0.2) is 0 Å². The van der Waals surface area contributed by atoms with Gasteiger partial charge in [-0.15, -0.1) is 0 Å². The molecule has 0 bridgehead atoms. The van der Waals surface area contributed by atoms with Crippen LogP contribution in [-0.2, 0) is 28.5 Å². The Balaban J connectivity index is 0. The van der Waals surface area contributed by atoms with Gasteiger partial charge in [0, 0.05) is 34.0 Å². The molecule has 21 heavy (non-hydrogen) atoms. The van der Waals surface area contributed by atoms with Gasteiger partial charge in [0.25, 0.3) is 0 Å². The minimum Gasteiger partial charge on any atom is -0.465 e. The molecule has 0 aromatic carbocycles. The molecule has 8 nitrogen and oxygen atoms in total. The number of aliphatic hydroxyl groups is 2. The topological polar surface area (TPSA) is 112 Å². The number of hydrogen-bond donors (Lipinski definition) is 2. The van der Waals surface area contributed by atoms with Crippen molar-refractivity contribution < 1.29 is 38.7 Å². The van der Waals surface area contributed by atoms with Crippen LogP contribution in [0.4, 0.5) is 0 Å². The first-order valence-electron chi connectivity index (χ1n) is 6.40. The van der Waals surface area contributed by atoms with Crippen LogP contribution >= 0.6 is 0 Å². The Bertz CT molecular complexity index is 269. The van der Waals surface area contributed by atoms with Crippen LogP contribution in [0.1, 0.15) is 13.8 Å². The molecule has 0 radical (unpaired) electrons. The van der Waals surface area contributed by atoms with Gasteiger partial charge in [-0.1, -0.05) is 0 Å². The molecule has 8 heteroatoms. The normalized spacial score (nSPS) is 12.7. The fourth-order valence-corrected chi connectivity index (χ4v) is 1.08. The van der Waals surface area contributed by atoms with Crippen LogP contribution in [0, 0.1) is 5.92 Å². The predicted octanol–water partition coefficient (Wildman–Crippen LogP) is -0.639. The monoisotopic (exact) mass is 310 g/mol. The second-order valence-electron chi connectivity index (χ2n) is 4.22. The molecule has 0 heterocycles. The van der Waals surface area contributed by atoms with E-state index in [-0.39, 0.29) is 38.3 Å². The third-order valence-electron chi connectivity index (χ3n) is 2.02. The molecule has 0 saturated heterocycles. The van der Waals surface area contributed by atoms with E-state index in [2.05, 4.69) is 14.2 Å². The molecule has 2 N–H and O–H groups in total. The Morgan fingerprint density at radius 3 is 1.76 bits per heavy atom. The van der Waals surface area contributed by atoms with Crippen LogP contribution < -0.4 is 0 Å². The second kappa shape index (κ2) is 15.2. The molecule has 0 aliphatic rings. The molecule has 0 fully saturated rings. The molecule has 0 spiro atoms. The fourth-order valence-electron chi connectivity index (χ4n) is 1.08. The SMILES string of the molecule is COCC(CO)COC(C)=O.COCC(O)COC(C)=O. The molecular formula is C13H26O8. The average Bonchev–Trinajstić information content (AvgIpc) is 2.42. The molecule has 0 rings (SSSR count). The maximum absolute atomic E-state index is 10.3. The molecule has 0 aliphatic carbocycles. The summed E-state index contributed by atoms with van der Waals surface area (Å²) >= 11 is 0. The van der Waals surface area contributed by atoms with Crippen molar-refractivity contribution in [2.45, 2.75) is 20.0 Å². The number of carbonyl (C=O) groups is 2. The number of ether oxygens (including phenoxy) is 4. The molecule has 126 valence electrons. The van der Waals surface area contributed by atoms with Gasteiger partial charge in [-0.3, -0.25) is 9.59 Å². The Labute approximate surface area is 124 Å². The lowest BCUT2D eigenvalue weighted by Gasteiger charge is -2.11. The largest absolute Gasteiger partial charge is 0.465 e. The van der Waals surface area contributed by atoms with E-state index in [4.69, 9.17) is 14.9 Å². The highest BCUT2D eigenvalue weighted by atomic mass is 16.5. The van der Waals surface area contributed by atoms with Crippen molar-refractivity contribution in [3.63, 3.8) is 0 Å². The number of rotatable bonds is 9. The molecule has 0 aliphatic heterocycles. The summed E-state index contributed by atoms with van der Waals surface area (Å²) in [7, 11) is 3.01. The van der Waals surface area contributed by atoms with Crippen LogP contribution in [0.2, 0.25) is 0 Å². The van der Waals surface area contributed by atoms with Crippen molar-refractivity contribution in [1.82, 2.24) is 0 Å². The minimum atomic E-state index is -0.714. The lowest BCUT2D eigenvalue weighted by Crippen LogP contribution is -2.22. The summed E-state index contributed by atoms with van der Waals surface area (Å²) in [6.45, 7) is 3.42. The van der Waals surface area contributed by atoms with Gasteiger partial charge in [0.05, 0.1) is 26.4 Å². The first-order chi connectivity index (χ1) is 9.87. The second-order valence-corrected chi connectivity index (χ2v) is 4.22. The maximum atomic E-state index is 10.3. The van der Waals surface area contributed by atoms with Crippen LogP contribution in [0.5, 0.6) is 0 Å². The zero-order chi connectivity index (χ0) is 16.7. The van der Waals surface area contributed by atoms with E-state index in [0.717, 1.165) is 0 Å². The Morgan fingerprint density at radius 2 is 1.38 bits per heavy atom. The highest BCUT2D eigenvalue weighted by Gasteiger charge is 2.08. The lowest BCUT2D eigenvalue weighted by molar-refractivity contribution is -0.145. The Morgan fingerprint density at radius 1 is 0.905 bits per heavy atom. The summed E-state index contributed by atoms with van der Waals surface area (Å²) in [4.78, 5) is 20.5. The Kier molecular flexibility index (Phi) is 15.9. The molecular weight excluding hydrogens is 284 g/mol. The summed E-state index contributed by atoms with van der Waals surface area (Å²) < 4.78 is 18.5. The molecule has 0 aromatic rings. The molecule has 0 saturated carbocycles. The van der Waals surface area contributed by atoms with E-state index in [1.54, 1.807) is 0 Å². The van der Waals surface area contributed by atoms with Gasteiger partial charge < -0.3 is 29.2 Å². The molecule has 0 amide bonds. The quantitative estimate of drug-likeness (QED) is 0.541. The van der Waals surface area contributed by atoms with Crippen molar-refractivity contribution in [1.29, 1.82) is 0 Å². The lowest BCUT2D eigenvalue weighted by atomic mass is 10.2. The summed E-state index contributed by atoms with van der Waals surface area (Å²) in [6.07, 6.45) is -0.714. The van der Waals surface area contributed by atoms with Gasteiger partial charge in [-0.2, -0.15) is 0 Å². The highest BCUT2D eigenvalue weighted by Crippen LogP contribution is 1.96. The number of carbonyl (C=O) groups excluding carboxylic acids is 2. The van der Waals surface area contributed by atoms with Crippen molar-refractivity contribution in [3.8, 4) is 0 Å². The van der Waals surface area contributed by atoms with Crippen LogP contribution in [-0.4, -0.2) is 75.5 Å². The van der Waals surface area contributed by atoms with Crippen molar-refractivity contribution in [3.05, 3.63) is 0 Å². The van der Waals surface area contributed by atoms with Gasteiger partial charge in [0.2, 0.25) is 0 Å². The molecule has 0 aromatic heterocycles. The number of esters is 2. The summed E-state index contributed by atoms with van der Waals surface area (Å²) in [5.41, 5.74) is 0. The maximum Gasteiger partial charge on any atom is 0.302 e. The summed E-state index contributed by atoms with van der Waals surface area (Å²) in [5.74, 6) is -0.835. The molecule has 2 unspecified atom stereocenters. The van der Waals surface area contributed by atoms with E-state index >= 15 is 0 Å². The van der Waals surface area contributed by atoms with E-state index in [0.29, 0.717) is 6.61 Å². The first kappa shape index (κ1) is 22.1. The van der Waals surface area contributed by atoms with E-state index in [1.807, 2.05) is 0 Å². The van der Waals surface area contributed by atoms with Crippen LogP contribution in [0.15, 0.2) is 0 Å². The third kappa shape index (κ3) is 18.8. The highest BCUT2D eigenvalue weighted by molar-refractivity contribution is 5.66. The van der Waals surface area contributed by atoms with Gasteiger partial charge in [-0.05, 0) is 0 Å². The smallest absolute Gasteiger partial charge is 0.302 e.